The van der Waals surface area contributed by atoms with Crippen molar-refractivity contribution in [3.8, 4) is 22.1 Å². The molecular formula is C30H29N5O3S2. The molecule has 0 bridgehead atoms. The molecule has 5 aromatic rings. The van der Waals surface area contributed by atoms with E-state index in [0.717, 1.165) is 27.5 Å². The largest absolute Gasteiger partial charge is 0.497 e. The Hall–Kier alpha value is -4.15. The number of aryl methyl sites for hydroxylation is 1. The van der Waals surface area contributed by atoms with E-state index in [9.17, 15) is 4.79 Å². The molecule has 0 spiro atoms. The number of carbonyl (C=O) groups excluding carboxylic acids is 1. The van der Waals surface area contributed by atoms with Crippen LogP contribution in [0.5, 0.6) is 11.5 Å². The highest BCUT2D eigenvalue weighted by atomic mass is 32.2. The minimum atomic E-state index is -0.359. The third-order valence-electron chi connectivity index (χ3n) is 6.08. The topological polar surface area (TPSA) is 91.2 Å². The summed E-state index contributed by atoms with van der Waals surface area (Å²) in [4.78, 5) is 17.5. The van der Waals surface area contributed by atoms with Gasteiger partial charge in [0.2, 0.25) is 5.91 Å². The summed E-state index contributed by atoms with van der Waals surface area (Å²) >= 11 is 2.98. The van der Waals surface area contributed by atoms with Crippen LogP contribution in [0.15, 0.2) is 84.5 Å². The van der Waals surface area contributed by atoms with Crippen molar-refractivity contribution in [2.45, 2.75) is 31.7 Å². The first-order valence-corrected chi connectivity index (χ1v) is 14.5. The number of anilines is 1. The molecule has 0 saturated heterocycles. The predicted molar refractivity (Wildman–Crippen MR) is 161 cm³/mol. The van der Waals surface area contributed by atoms with Gasteiger partial charge in [-0.2, -0.15) is 0 Å². The van der Waals surface area contributed by atoms with Crippen molar-refractivity contribution in [1.82, 2.24) is 19.7 Å². The Kier molecular flexibility index (Phi) is 8.47. The fourth-order valence-electron chi connectivity index (χ4n) is 4.10. The molecule has 0 aliphatic rings. The summed E-state index contributed by atoms with van der Waals surface area (Å²) in [6, 6.07) is 21.4. The number of aromatic nitrogens is 4. The van der Waals surface area contributed by atoms with Crippen LogP contribution < -0.4 is 14.8 Å². The maximum Gasteiger partial charge on any atom is 0.234 e. The Morgan fingerprint density at radius 2 is 1.85 bits per heavy atom. The van der Waals surface area contributed by atoms with Crippen molar-refractivity contribution >= 4 is 44.9 Å². The van der Waals surface area contributed by atoms with Crippen LogP contribution in [-0.4, -0.2) is 38.5 Å². The number of benzene rings is 3. The standard InChI is InChI=1S/C30H29N5O3S2/c1-5-16-35-28(20(3)38-24-13-11-23(37-4)12-14-24)33-34-30(35)39-18-27(36)31-22-9-7-21(8-10-22)29-32-25-15-6-19(2)17-26(25)40-29/h5-15,17,20H,1,16,18H2,2-4H3,(H,31,36). The van der Waals surface area contributed by atoms with Gasteiger partial charge in [-0.15, -0.1) is 28.1 Å². The highest BCUT2D eigenvalue weighted by Gasteiger charge is 2.20. The number of carbonyl (C=O) groups is 1. The van der Waals surface area contributed by atoms with E-state index in [1.54, 1.807) is 24.5 Å². The third-order valence-corrected chi connectivity index (χ3v) is 8.12. The van der Waals surface area contributed by atoms with Gasteiger partial charge in [-0.05, 0) is 80.1 Å². The van der Waals surface area contributed by atoms with E-state index in [0.29, 0.717) is 23.3 Å². The lowest BCUT2D eigenvalue weighted by molar-refractivity contribution is -0.113. The number of allylic oxidation sites excluding steroid dienone is 1. The van der Waals surface area contributed by atoms with Crippen molar-refractivity contribution in [1.29, 1.82) is 0 Å². The molecule has 0 aliphatic heterocycles. The van der Waals surface area contributed by atoms with Gasteiger partial charge < -0.3 is 14.8 Å². The van der Waals surface area contributed by atoms with Crippen LogP contribution in [-0.2, 0) is 11.3 Å². The summed E-state index contributed by atoms with van der Waals surface area (Å²) in [7, 11) is 1.62. The lowest BCUT2D eigenvalue weighted by Crippen LogP contribution is -2.15. The number of rotatable bonds is 11. The third kappa shape index (κ3) is 6.35. The second-order valence-electron chi connectivity index (χ2n) is 9.08. The molecule has 40 heavy (non-hydrogen) atoms. The van der Waals surface area contributed by atoms with Crippen LogP contribution in [0.4, 0.5) is 5.69 Å². The Labute approximate surface area is 241 Å². The molecule has 10 heteroatoms. The molecule has 2 heterocycles. The number of thiazole rings is 1. The highest BCUT2D eigenvalue weighted by Crippen LogP contribution is 2.31. The Morgan fingerprint density at radius 1 is 1.10 bits per heavy atom. The number of hydrogen-bond donors (Lipinski definition) is 1. The van der Waals surface area contributed by atoms with E-state index < -0.39 is 0 Å². The molecule has 204 valence electrons. The summed E-state index contributed by atoms with van der Waals surface area (Å²) < 4.78 is 14.3. The minimum absolute atomic E-state index is 0.134. The smallest absolute Gasteiger partial charge is 0.234 e. The van der Waals surface area contributed by atoms with Crippen LogP contribution in [0.2, 0.25) is 0 Å². The van der Waals surface area contributed by atoms with Gasteiger partial charge in [0, 0.05) is 17.8 Å². The Morgan fingerprint density at radius 3 is 2.58 bits per heavy atom. The van der Waals surface area contributed by atoms with Gasteiger partial charge in [0.15, 0.2) is 17.1 Å². The van der Waals surface area contributed by atoms with Crippen molar-refractivity contribution < 1.29 is 14.3 Å². The molecule has 0 radical (unpaired) electrons. The predicted octanol–water partition coefficient (Wildman–Crippen LogP) is 6.93. The number of amides is 1. The molecule has 8 nitrogen and oxygen atoms in total. The first-order valence-electron chi connectivity index (χ1n) is 12.7. The molecule has 0 fully saturated rings. The van der Waals surface area contributed by atoms with Crippen molar-refractivity contribution in [3.05, 3.63) is 90.8 Å². The number of hydrogen-bond acceptors (Lipinski definition) is 8. The molecule has 1 amide bonds. The molecule has 5 rings (SSSR count). The first kappa shape index (κ1) is 27.4. The normalized spacial score (nSPS) is 11.8. The van der Waals surface area contributed by atoms with Crippen LogP contribution >= 0.6 is 23.1 Å². The molecule has 2 aromatic heterocycles. The zero-order valence-corrected chi connectivity index (χ0v) is 24.1. The quantitative estimate of drug-likeness (QED) is 0.136. The molecule has 1 atom stereocenters. The monoisotopic (exact) mass is 571 g/mol. The van der Waals surface area contributed by atoms with Gasteiger partial charge >= 0.3 is 0 Å². The lowest BCUT2D eigenvalue weighted by Gasteiger charge is -2.16. The van der Waals surface area contributed by atoms with E-state index in [4.69, 9.17) is 14.5 Å². The summed E-state index contributed by atoms with van der Waals surface area (Å²) in [5.41, 5.74) is 3.95. The van der Waals surface area contributed by atoms with Crippen LogP contribution in [0.3, 0.4) is 0 Å². The summed E-state index contributed by atoms with van der Waals surface area (Å²) in [5.74, 6) is 2.15. The van der Waals surface area contributed by atoms with E-state index in [1.807, 2.05) is 66.1 Å². The average molecular weight is 572 g/mol. The van der Waals surface area contributed by atoms with E-state index in [-0.39, 0.29) is 17.8 Å². The second kappa shape index (κ2) is 12.4. The van der Waals surface area contributed by atoms with Crippen LogP contribution in [0, 0.1) is 6.92 Å². The summed E-state index contributed by atoms with van der Waals surface area (Å²) in [5, 5.41) is 13.2. The lowest BCUT2D eigenvalue weighted by atomic mass is 10.2. The fraction of sp³-hybridized carbons (Fsp3) is 0.200. The molecule has 0 saturated carbocycles. The van der Waals surface area contributed by atoms with Gasteiger partial charge in [0.1, 0.15) is 16.5 Å². The van der Waals surface area contributed by atoms with E-state index >= 15 is 0 Å². The van der Waals surface area contributed by atoms with Crippen molar-refractivity contribution in [2.24, 2.45) is 0 Å². The molecule has 1 N–H and O–H groups in total. The SMILES string of the molecule is C=CCn1c(SCC(=O)Nc2ccc(-c3nc4ccc(C)cc4s3)cc2)nnc1C(C)Oc1ccc(OC)cc1. The maximum atomic E-state index is 12.7. The summed E-state index contributed by atoms with van der Waals surface area (Å²) in [6.45, 7) is 8.34. The molecule has 1 unspecified atom stereocenters. The number of nitrogens with zero attached hydrogens (tertiary/aromatic N) is 4. The second-order valence-corrected chi connectivity index (χ2v) is 11.1. The summed E-state index contributed by atoms with van der Waals surface area (Å²) in [6.07, 6.45) is 1.41. The van der Waals surface area contributed by atoms with Crippen molar-refractivity contribution in [3.63, 3.8) is 0 Å². The van der Waals surface area contributed by atoms with Gasteiger partial charge in [0.05, 0.1) is 23.1 Å². The number of thioether (sulfide) groups is 1. The van der Waals surface area contributed by atoms with E-state index in [2.05, 4.69) is 41.1 Å². The zero-order valence-electron chi connectivity index (χ0n) is 22.5. The number of methoxy groups -OCH3 is 1. The number of ether oxygens (including phenoxy) is 2. The maximum absolute atomic E-state index is 12.7. The Balaban J connectivity index is 1.20. The van der Waals surface area contributed by atoms with Gasteiger partial charge in [-0.1, -0.05) is 23.9 Å². The molecule has 0 aliphatic carbocycles. The highest BCUT2D eigenvalue weighted by molar-refractivity contribution is 7.99. The van der Waals surface area contributed by atoms with E-state index in [1.165, 1.54) is 22.0 Å². The fourth-order valence-corrected chi connectivity index (χ4v) is 5.92. The van der Waals surface area contributed by atoms with Crippen molar-refractivity contribution in [2.75, 3.05) is 18.2 Å². The minimum Gasteiger partial charge on any atom is -0.497 e. The van der Waals surface area contributed by atoms with Gasteiger partial charge in [-0.25, -0.2) is 4.98 Å². The zero-order chi connectivity index (χ0) is 28.1. The Bertz CT molecular complexity index is 1630. The van der Waals surface area contributed by atoms with Gasteiger partial charge in [0.25, 0.3) is 0 Å². The van der Waals surface area contributed by atoms with Gasteiger partial charge in [-0.3, -0.25) is 9.36 Å². The molecular weight excluding hydrogens is 542 g/mol. The number of nitrogens with one attached hydrogen (secondary N) is 1. The first-order chi connectivity index (χ1) is 19.4. The van der Waals surface area contributed by atoms with Crippen LogP contribution in [0.1, 0.15) is 24.4 Å². The molecule has 3 aromatic carbocycles. The van der Waals surface area contributed by atoms with Crippen LogP contribution in [0.25, 0.3) is 20.8 Å². The number of fused-ring (bicyclic) bond motifs is 1. The average Bonchev–Trinajstić information content (AvgIpc) is 3.57.